The normalized spacial score (nSPS) is 15.0. The first-order chi connectivity index (χ1) is 19.0. The van der Waals surface area contributed by atoms with Crippen LogP contribution in [0.15, 0.2) is 18.2 Å². The smallest absolute Gasteiger partial charge is 0.432 e. The lowest BCUT2D eigenvalue weighted by atomic mass is 9.95. The Kier molecular flexibility index (Phi) is 6.65. The molecule has 0 saturated heterocycles. The number of phenols is 1. The first-order valence-electron chi connectivity index (χ1n) is 11.8. The summed E-state index contributed by atoms with van der Waals surface area (Å²) in [6, 6.07) is 4.35. The number of carbonyl (C=O) groups is 2. The van der Waals surface area contributed by atoms with E-state index in [1.165, 1.54) is 32.3 Å². The summed E-state index contributed by atoms with van der Waals surface area (Å²) in [4.78, 5) is 32.8. The molecule has 212 valence electrons. The zero-order valence-electron chi connectivity index (χ0n) is 21.6. The van der Waals surface area contributed by atoms with Gasteiger partial charge in [-0.25, -0.2) is 4.79 Å². The maximum atomic E-state index is 13.9. The van der Waals surface area contributed by atoms with Crippen molar-refractivity contribution in [3.63, 3.8) is 0 Å². The number of halogens is 4. The van der Waals surface area contributed by atoms with Crippen molar-refractivity contribution in [1.82, 2.24) is 9.97 Å². The molecule has 3 heterocycles. The summed E-state index contributed by atoms with van der Waals surface area (Å²) < 4.78 is 62.6. The van der Waals surface area contributed by atoms with Gasteiger partial charge in [-0.05, 0) is 11.6 Å². The van der Waals surface area contributed by atoms with Crippen LogP contribution in [0.3, 0.4) is 0 Å². The average Bonchev–Trinajstić information content (AvgIpc) is 3.64. The molecule has 0 unspecified atom stereocenters. The third-order valence-corrected chi connectivity index (χ3v) is 7.31. The minimum Gasteiger partial charge on any atom is -0.506 e. The van der Waals surface area contributed by atoms with Crippen molar-refractivity contribution in [1.29, 1.82) is 0 Å². The molecule has 14 heteroatoms. The van der Waals surface area contributed by atoms with Crippen molar-refractivity contribution in [3.05, 3.63) is 40.7 Å². The van der Waals surface area contributed by atoms with Gasteiger partial charge in [0.1, 0.15) is 17.1 Å². The van der Waals surface area contributed by atoms with Crippen molar-refractivity contribution in [2.45, 2.75) is 12.1 Å². The van der Waals surface area contributed by atoms with Crippen LogP contribution < -0.4 is 19.1 Å². The van der Waals surface area contributed by atoms with Crippen LogP contribution in [0.4, 0.5) is 18.9 Å². The largest absolute Gasteiger partial charge is 0.506 e. The van der Waals surface area contributed by atoms with Crippen LogP contribution >= 0.6 is 11.6 Å². The summed E-state index contributed by atoms with van der Waals surface area (Å²) in [6.07, 6.45) is -4.96. The Labute approximate surface area is 229 Å². The van der Waals surface area contributed by atoms with Gasteiger partial charge in [-0.15, -0.1) is 11.6 Å². The predicted octanol–water partition coefficient (Wildman–Crippen LogP) is 5.17. The van der Waals surface area contributed by atoms with E-state index in [0.29, 0.717) is 28.2 Å². The summed E-state index contributed by atoms with van der Waals surface area (Å²) >= 11 is 6.22. The highest BCUT2D eigenvalue weighted by Gasteiger charge is 2.43. The second kappa shape index (κ2) is 9.73. The average molecular weight is 582 g/mol. The van der Waals surface area contributed by atoms with E-state index in [1.807, 2.05) is 0 Å². The van der Waals surface area contributed by atoms with Crippen molar-refractivity contribution in [2.24, 2.45) is 0 Å². The maximum absolute atomic E-state index is 13.9. The number of H-pyrrole nitrogens is 2. The number of phenolic OH excluding ortho intramolecular Hbond substituents is 1. The fourth-order valence-corrected chi connectivity index (χ4v) is 5.52. The lowest BCUT2D eigenvalue weighted by Crippen LogP contribution is -2.30. The van der Waals surface area contributed by atoms with E-state index in [0.717, 1.165) is 7.11 Å². The fraction of sp³-hybridized carbons (Fsp3) is 0.308. The molecule has 1 amide bonds. The summed E-state index contributed by atoms with van der Waals surface area (Å²) in [5.74, 6) is -2.15. The second-order valence-corrected chi connectivity index (χ2v) is 9.31. The number of esters is 1. The third-order valence-electron chi connectivity index (χ3n) is 6.94. The molecular weight excluding hydrogens is 559 g/mol. The Balaban J connectivity index is 1.71. The SMILES string of the molecule is COC(=O)c1c(C(F)(F)F)[nH]c2c(O)cc3c(c12)[C@H](CCl)CN3C(=O)c1cc2c(OC)c(OC)c(OC)cc2[nH]1. The molecule has 4 aromatic rings. The molecule has 5 rings (SSSR count). The van der Waals surface area contributed by atoms with Crippen LogP contribution in [0.2, 0.25) is 0 Å². The van der Waals surface area contributed by atoms with Crippen molar-refractivity contribution in [3.8, 4) is 23.0 Å². The van der Waals surface area contributed by atoms with Crippen LogP contribution in [0.25, 0.3) is 21.8 Å². The van der Waals surface area contributed by atoms with E-state index in [-0.39, 0.29) is 40.3 Å². The van der Waals surface area contributed by atoms with Crippen LogP contribution in [0.5, 0.6) is 23.0 Å². The number of alkyl halides is 4. The number of hydrogen-bond acceptors (Lipinski definition) is 7. The van der Waals surface area contributed by atoms with E-state index >= 15 is 0 Å². The van der Waals surface area contributed by atoms with Crippen LogP contribution in [-0.4, -0.2) is 67.8 Å². The topological polar surface area (TPSA) is 126 Å². The number of methoxy groups -OCH3 is 4. The number of carbonyl (C=O) groups excluding carboxylic acids is 2. The van der Waals surface area contributed by atoms with Gasteiger partial charge in [0.2, 0.25) is 5.75 Å². The van der Waals surface area contributed by atoms with Gasteiger partial charge in [-0.1, -0.05) is 0 Å². The molecule has 0 saturated carbocycles. The molecule has 3 N–H and O–H groups in total. The minimum atomic E-state index is -4.96. The number of aromatic nitrogens is 2. The molecule has 0 fully saturated rings. The number of nitrogens with one attached hydrogen (secondary N) is 2. The summed E-state index contributed by atoms with van der Waals surface area (Å²) in [5, 5.41) is 11.1. The monoisotopic (exact) mass is 581 g/mol. The molecule has 1 atom stereocenters. The number of fused-ring (bicyclic) bond motifs is 4. The number of benzene rings is 2. The summed E-state index contributed by atoms with van der Waals surface area (Å²) in [7, 11) is 5.28. The summed E-state index contributed by atoms with van der Waals surface area (Å²) in [6.45, 7) is -0.0253. The number of rotatable bonds is 6. The molecule has 40 heavy (non-hydrogen) atoms. The quantitative estimate of drug-likeness (QED) is 0.212. The highest BCUT2D eigenvalue weighted by Crippen LogP contribution is 2.50. The molecule has 0 radical (unpaired) electrons. The molecule has 2 aromatic carbocycles. The van der Waals surface area contributed by atoms with Gasteiger partial charge >= 0.3 is 12.1 Å². The van der Waals surface area contributed by atoms with Crippen LogP contribution in [0.1, 0.15) is 38.0 Å². The first kappa shape index (κ1) is 27.3. The Morgan fingerprint density at radius 2 is 1.77 bits per heavy atom. The lowest BCUT2D eigenvalue weighted by Gasteiger charge is -2.17. The number of amides is 1. The molecule has 0 spiro atoms. The predicted molar refractivity (Wildman–Crippen MR) is 139 cm³/mol. The number of nitrogens with zero attached hydrogens (tertiary/aromatic N) is 1. The highest BCUT2D eigenvalue weighted by molar-refractivity contribution is 6.20. The molecule has 10 nitrogen and oxygen atoms in total. The first-order valence-corrected chi connectivity index (χ1v) is 12.3. The number of anilines is 1. The Morgan fingerprint density at radius 3 is 2.35 bits per heavy atom. The van der Waals surface area contributed by atoms with Crippen LogP contribution in [-0.2, 0) is 10.9 Å². The number of hydrogen-bond donors (Lipinski definition) is 3. The highest BCUT2D eigenvalue weighted by atomic mass is 35.5. The van der Waals surface area contributed by atoms with Gasteiger partial charge in [0, 0.05) is 41.2 Å². The standard InChI is InChI=1S/C26H23ClF3N3O7/c1-37-16-6-12-11(21(38-2)22(16)39-3)5-13(31-12)24(35)33-9-10(8-27)17-14(33)7-15(34)20-18(17)19(25(36)40-4)23(32-20)26(28,29)30/h5-7,10,31-32,34H,8-9H2,1-4H3/t10-/m1/s1. The molecular formula is C26H23ClF3N3O7. The van der Waals surface area contributed by atoms with Gasteiger partial charge < -0.3 is 38.9 Å². The van der Waals surface area contributed by atoms with Gasteiger partial charge in [0.15, 0.2) is 11.5 Å². The fourth-order valence-electron chi connectivity index (χ4n) is 5.26. The number of ether oxygens (including phenoxy) is 4. The van der Waals surface area contributed by atoms with Crippen LogP contribution in [0, 0.1) is 0 Å². The van der Waals surface area contributed by atoms with Gasteiger partial charge in [0.05, 0.1) is 50.7 Å². The molecule has 1 aliphatic heterocycles. The van der Waals surface area contributed by atoms with Crippen molar-refractivity contribution >= 4 is 51.0 Å². The maximum Gasteiger partial charge on any atom is 0.432 e. The lowest BCUT2D eigenvalue weighted by molar-refractivity contribution is -0.141. The van der Waals surface area contributed by atoms with Crippen molar-refractivity contribution in [2.75, 3.05) is 45.8 Å². The van der Waals surface area contributed by atoms with Gasteiger partial charge in [-0.2, -0.15) is 13.2 Å². The molecule has 2 aromatic heterocycles. The number of aromatic hydroxyl groups is 1. The Bertz CT molecular complexity index is 1680. The minimum absolute atomic E-state index is 0.0253. The number of aromatic amines is 2. The van der Waals surface area contributed by atoms with Gasteiger partial charge in [-0.3, -0.25) is 4.79 Å². The third kappa shape index (κ3) is 3.95. The van der Waals surface area contributed by atoms with Gasteiger partial charge in [0.25, 0.3) is 5.91 Å². The van der Waals surface area contributed by atoms with E-state index < -0.39 is 41.0 Å². The van der Waals surface area contributed by atoms with E-state index in [1.54, 1.807) is 12.1 Å². The van der Waals surface area contributed by atoms with E-state index in [2.05, 4.69) is 14.7 Å². The molecule has 0 aliphatic carbocycles. The molecule has 0 bridgehead atoms. The van der Waals surface area contributed by atoms with E-state index in [4.69, 9.17) is 25.8 Å². The second-order valence-electron chi connectivity index (χ2n) is 9.00. The Morgan fingerprint density at radius 1 is 1.07 bits per heavy atom. The zero-order chi connectivity index (χ0) is 29.1. The van der Waals surface area contributed by atoms with Crippen molar-refractivity contribution < 1.29 is 46.8 Å². The molecule has 1 aliphatic rings. The summed E-state index contributed by atoms with van der Waals surface area (Å²) in [5.41, 5.74) is -1.55. The van der Waals surface area contributed by atoms with E-state index in [9.17, 15) is 27.9 Å². The Hall–Kier alpha value is -4.26. The zero-order valence-corrected chi connectivity index (χ0v) is 22.3.